The first-order chi connectivity index (χ1) is 10.1. The second-order valence-corrected chi connectivity index (χ2v) is 6.35. The van der Waals surface area contributed by atoms with E-state index in [0.29, 0.717) is 11.8 Å². The van der Waals surface area contributed by atoms with E-state index in [1.165, 1.54) is 30.8 Å². The van der Waals surface area contributed by atoms with Gasteiger partial charge in [-0.25, -0.2) is 4.98 Å². The molecule has 2 aromatic heterocycles. The molecule has 0 N–H and O–H groups in total. The molecule has 2 aromatic rings. The molecule has 0 spiro atoms. The molecule has 4 nitrogen and oxygen atoms in total. The van der Waals surface area contributed by atoms with Crippen LogP contribution in [0.4, 0.5) is 0 Å². The van der Waals surface area contributed by atoms with Crippen molar-refractivity contribution in [3.63, 3.8) is 0 Å². The molecule has 0 radical (unpaired) electrons. The molecule has 1 saturated heterocycles. The van der Waals surface area contributed by atoms with Crippen molar-refractivity contribution < 1.29 is 0 Å². The highest BCUT2D eigenvalue weighted by atomic mass is 15.1. The summed E-state index contributed by atoms with van der Waals surface area (Å²) in [6.07, 6.45) is 8.35. The van der Waals surface area contributed by atoms with Crippen molar-refractivity contribution in [2.75, 3.05) is 20.1 Å². The predicted molar refractivity (Wildman–Crippen MR) is 84.9 cm³/mol. The van der Waals surface area contributed by atoms with Crippen molar-refractivity contribution in [2.24, 2.45) is 0 Å². The topological polar surface area (TPSA) is 34.0 Å². The second kappa shape index (κ2) is 5.98. The van der Waals surface area contributed by atoms with Gasteiger partial charge in [-0.3, -0.25) is 4.98 Å². The number of hydrogen-bond donors (Lipinski definition) is 0. The van der Waals surface area contributed by atoms with Crippen molar-refractivity contribution in [1.82, 2.24) is 19.4 Å². The van der Waals surface area contributed by atoms with Crippen LogP contribution in [0.1, 0.15) is 50.0 Å². The Morgan fingerprint density at radius 2 is 2.10 bits per heavy atom. The Labute approximate surface area is 126 Å². The zero-order valence-corrected chi connectivity index (χ0v) is 13.2. The highest BCUT2D eigenvalue weighted by molar-refractivity contribution is 5.35. The quantitative estimate of drug-likeness (QED) is 0.868. The molecule has 21 heavy (non-hydrogen) atoms. The lowest BCUT2D eigenvalue weighted by Crippen LogP contribution is -2.31. The lowest BCUT2D eigenvalue weighted by atomic mass is 9.94. The molecule has 1 aliphatic rings. The summed E-state index contributed by atoms with van der Waals surface area (Å²) in [4.78, 5) is 11.5. The monoisotopic (exact) mass is 284 g/mol. The molecule has 0 saturated carbocycles. The van der Waals surface area contributed by atoms with Gasteiger partial charge in [0, 0.05) is 42.7 Å². The van der Waals surface area contributed by atoms with Gasteiger partial charge < -0.3 is 9.47 Å². The third kappa shape index (κ3) is 3.00. The summed E-state index contributed by atoms with van der Waals surface area (Å²) in [5.74, 6) is 2.07. The van der Waals surface area contributed by atoms with Gasteiger partial charge in [0.15, 0.2) is 0 Å². The van der Waals surface area contributed by atoms with E-state index in [4.69, 9.17) is 0 Å². The fourth-order valence-corrected chi connectivity index (χ4v) is 3.18. The highest BCUT2D eigenvalue weighted by Crippen LogP contribution is 2.26. The van der Waals surface area contributed by atoms with Crippen LogP contribution >= 0.6 is 0 Å². The van der Waals surface area contributed by atoms with E-state index in [1.807, 2.05) is 18.6 Å². The van der Waals surface area contributed by atoms with Crippen molar-refractivity contribution in [1.29, 1.82) is 0 Å². The van der Waals surface area contributed by atoms with Crippen LogP contribution in [0.25, 0.3) is 5.69 Å². The van der Waals surface area contributed by atoms with Crippen LogP contribution < -0.4 is 0 Å². The zero-order chi connectivity index (χ0) is 14.8. The number of likely N-dealkylation sites (N-methyl/N-ethyl adjacent to an activating group) is 1. The number of rotatable bonds is 3. The van der Waals surface area contributed by atoms with Crippen LogP contribution in [-0.2, 0) is 0 Å². The zero-order valence-electron chi connectivity index (χ0n) is 13.2. The van der Waals surface area contributed by atoms with Gasteiger partial charge in [0.25, 0.3) is 0 Å². The van der Waals surface area contributed by atoms with Gasteiger partial charge in [0.05, 0.1) is 5.69 Å². The first-order valence-electron chi connectivity index (χ1n) is 7.83. The lowest BCUT2D eigenvalue weighted by Gasteiger charge is -2.29. The maximum atomic E-state index is 4.62. The Balaban J connectivity index is 1.91. The number of likely N-dealkylation sites (tertiary alicyclic amines) is 1. The Morgan fingerprint density at radius 3 is 2.86 bits per heavy atom. The fourth-order valence-electron chi connectivity index (χ4n) is 3.18. The van der Waals surface area contributed by atoms with Crippen LogP contribution in [0.2, 0.25) is 0 Å². The van der Waals surface area contributed by atoms with Crippen LogP contribution in [0.5, 0.6) is 0 Å². The van der Waals surface area contributed by atoms with E-state index < -0.39 is 0 Å². The molecular formula is C17H24N4. The number of nitrogens with zero attached hydrogens (tertiary/aromatic N) is 4. The minimum absolute atomic E-state index is 0.414. The molecule has 0 aliphatic carbocycles. The van der Waals surface area contributed by atoms with Gasteiger partial charge >= 0.3 is 0 Å². The average Bonchev–Trinajstić information content (AvgIpc) is 2.97. The lowest BCUT2D eigenvalue weighted by molar-refractivity contribution is 0.248. The van der Waals surface area contributed by atoms with E-state index in [1.54, 1.807) is 0 Å². The van der Waals surface area contributed by atoms with Crippen LogP contribution in [0.3, 0.4) is 0 Å². The molecular weight excluding hydrogens is 260 g/mol. The summed E-state index contributed by atoms with van der Waals surface area (Å²) >= 11 is 0. The molecule has 3 heterocycles. The molecule has 0 bridgehead atoms. The third-order valence-corrected chi connectivity index (χ3v) is 4.27. The van der Waals surface area contributed by atoms with E-state index >= 15 is 0 Å². The predicted octanol–water partition coefficient (Wildman–Crippen LogP) is 3.20. The SMILES string of the molecule is CC(C)c1nccn1-c1ccnc([C@H]2CCCN(C)C2)c1. The summed E-state index contributed by atoms with van der Waals surface area (Å²) < 4.78 is 2.18. The first kappa shape index (κ1) is 14.3. The summed E-state index contributed by atoms with van der Waals surface area (Å²) in [7, 11) is 2.20. The molecule has 3 rings (SSSR count). The Bertz CT molecular complexity index is 602. The molecule has 0 unspecified atom stereocenters. The Hall–Kier alpha value is -1.68. The minimum Gasteiger partial charge on any atom is -0.306 e. The average molecular weight is 284 g/mol. The van der Waals surface area contributed by atoms with Gasteiger partial charge in [-0.2, -0.15) is 0 Å². The Morgan fingerprint density at radius 1 is 1.24 bits per heavy atom. The Kier molecular flexibility index (Phi) is 4.06. The number of hydrogen-bond acceptors (Lipinski definition) is 3. The molecule has 4 heteroatoms. The maximum absolute atomic E-state index is 4.62. The van der Waals surface area contributed by atoms with Crippen molar-refractivity contribution in [3.05, 3.63) is 42.2 Å². The van der Waals surface area contributed by atoms with Crippen molar-refractivity contribution in [3.8, 4) is 5.69 Å². The molecule has 1 fully saturated rings. The fraction of sp³-hybridized carbons (Fsp3) is 0.529. The molecule has 112 valence electrons. The number of aromatic nitrogens is 3. The van der Waals surface area contributed by atoms with Crippen LogP contribution in [0.15, 0.2) is 30.7 Å². The standard InChI is InChI=1S/C17H24N4/c1-13(2)17-19-8-10-21(17)15-6-7-18-16(11-15)14-5-4-9-20(3)12-14/h6-8,10-11,13-14H,4-5,9,12H2,1-3H3/t14-/m0/s1. The summed E-state index contributed by atoms with van der Waals surface area (Å²) in [5.41, 5.74) is 2.39. The normalized spacial score (nSPS) is 20.1. The van der Waals surface area contributed by atoms with Crippen molar-refractivity contribution >= 4 is 0 Å². The van der Waals surface area contributed by atoms with E-state index in [9.17, 15) is 0 Å². The van der Waals surface area contributed by atoms with E-state index in [-0.39, 0.29) is 0 Å². The number of imidazole rings is 1. The van der Waals surface area contributed by atoms with Gasteiger partial charge in [-0.05, 0) is 38.6 Å². The maximum Gasteiger partial charge on any atom is 0.115 e. The molecule has 0 aromatic carbocycles. The summed E-state index contributed by atoms with van der Waals surface area (Å²) in [6, 6.07) is 4.31. The molecule has 1 aliphatic heterocycles. The number of pyridine rings is 1. The molecule has 0 amide bonds. The van der Waals surface area contributed by atoms with Crippen LogP contribution in [0, 0.1) is 0 Å². The largest absolute Gasteiger partial charge is 0.306 e. The van der Waals surface area contributed by atoms with Gasteiger partial charge in [-0.1, -0.05) is 13.8 Å². The third-order valence-electron chi connectivity index (χ3n) is 4.27. The van der Waals surface area contributed by atoms with E-state index in [0.717, 1.165) is 12.4 Å². The van der Waals surface area contributed by atoms with Gasteiger partial charge in [0.1, 0.15) is 5.82 Å². The highest BCUT2D eigenvalue weighted by Gasteiger charge is 2.20. The smallest absolute Gasteiger partial charge is 0.115 e. The summed E-state index contributed by atoms with van der Waals surface area (Å²) in [5, 5.41) is 0. The van der Waals surface area contributed by atoms with Gasteiger partial charge in [0.2, 0.25) is 0 Å². The second-order valence-electron chi connectivity index (χ2n) is 6.35. The number of piperidine rings is 1. The van der Waals surface area contributed by atoms with E-state index in [2.05, 4.69) is 52.5 Å². The minimum atomic E-state index is 0.414. The van der Waals surface area contributed by atoms with Crippen molar-refractivity contribution in [2.45, 2.75) is 38.5 Å². The molecule has 1 atom stereocenters. The first-order valence-corrected chi connectivity index (χ1v) is 7.83. The van der Waals surface area contributed by atoms with Crippen LogP contribution in [-0.4, -0.2) is 39.6 Å². The van der Waals surface area contributed by atoms with Gasteiger partial charge in [-0.15, -0.1) is 0 Å². The summed E-state index contributed by atoms with van der Waals surface area (Å²) in [6.45, 7) is 6.67.